The molecule has 1 fully saturated rings. The summed E-state index contributed by atoms with van der Waals surface area (Å²) in [6, 6.07) is 5.55. The molecule has 1 saturated heterocycles. The van der Waals surface area contributed by atoms with Crippen molar-refractivity contribution in [3.63, 3.8) is 0 Å². The molecule has 0 bridgehead atoms. The molecule has 122 valence electrons. The zero-order valence-corrected chi connectivity index (χ0v) is 13.9. The summed E-state index contributed by atoms with van der Waals surface area (Å²) in [5.74, 6) is 1.56. The van der Waals surface area contributed by atoms with Gasteiger partial charge in [0.05, 0.1) is 11.5 Å². The highest BCUT2D eigenvalue weighted by molar-refractivity contribution is 7.08. The number of rotatable bonds is 3. The van der Waals surface area contributed by atoms with Crippen LogP contribution in [-0.4, -0.2) is 39.0 Å². The highest BCUT2D eigenvalue weighted by atomic mass is 32.1. The fraction of sp³-hybridized carbons (Fsp3) is 0.294. The second kappa shape index (κ2) is 6.16. The Morgan fingerprint density at radius 2 is 2.12 bits per heavy atom. The van der Waals surface area contributed by atoms with Crippen LogP contribution >= 0.6 is 11.3 Å². The minimum absolute atomic E-state index is 0.0654. The maximum atomic E-state index is 12.5. The number of nitrogens with zero attached hydrogens (tertiary/aromatic N) is 4. The van der Waals surface area contributed by atoms with Crippen molar-refractivity contribution in [2.75, 3.05) is 13.1 Å². The van der Waals surface area contributed by atoms with E-state index in [4.69, 9.17) is 4.52 Å². The summed E-state index contributed by atoms with van der Waals surface area (Å²) in [4.78, 5) is 22.9. The summed E-state index contributed by atoms with van der Waals surface area (Å²) in [5, 5.41) is 7.87. The van der Waals surface area contributed by atoms with Crippen molar-refractivity contribution in [2.45, 2.75) is 12.8 Å². The lowest BCUT2D eigenvalue weighted by Crippen LogP contribution is -2.28. The number of thiophene rings is 1. The third kappa shape index (κ3) is 2.71. The van der Waals surface area contributed by atoms with Gasteiger partial charge in [-0.1, -0.05) is 12.1 Å². The van der Waals surface area contributed by atoms with E-state index < -0.39 is 0 Å². The monoisotopic (exact) mass is 340 g/mol. The fourth-order valence-electron chi connectivity index (χ4n) is 3.03. The average Bonchev–Trinajstić information content (AvgIpc) is 3.35. The lowest BCUT2D eigenvalue weighted by molar-refractivity contribution is 0.0786. The predicted molar refractivity (Wildman–Crippen MR) is 89.7 cm³/mol. The maximum absolute atomic E-state index is 12.5. The first-order valence-corrected chi connectivity index (χ1v) is 8.72. The molecule has 0 saturated carbocycles. The number of carbonyl (C=O) groups excluding carboxylic acids is 1. The molecule has 1 aliphatic rings. The minimum Gasteiger partial charge on any atom is -0.339 e. The molecule has 0 N–H and O–H groups in total. The van der Waals surface area contributed by atoms with Crippen LogP contribution in [0.4, 0.5) is 0 Å². The Morgan fingerprint density at radius 1 is 1.29 bits per heavy atom. The topological polar surface area (TPSA) is 72.1 Å². The molecule has 0 aliphatic carbocycles. The summed E-state index contributed by atoms with van der Waals surface area (Å²) >= 11 is 1.53. The van der Waals surface area contributed by atoms with E-state index in [1.54, 1.807) is 12.4 Å². The maximum Gasteiger partial charge on any atom is 0.254 e. The SMILES string of the molecule is C[C@@H]1CN(C(=O)c2ccsc2)C[C@H]1c1nc(-c2ccncc2)no1. The molecule has 1 amide bonds. The third-order valence-electron chi connectivity index (χ3n) is 4.37. The molecule has 0 spiro atoms. The Kier molecular flexibility index (Phi) is 3.86. The Balaban J connectivity index is 1.53. The van der Waals surface area contributed by atoms with Crippen molar-refractivity contribution in [3.05, 3.63) is 52.8 Å². The van der Waals surface area contributed by atoms with Crippen LogP contribution < -0.4 is 0 Å². The van der Waals surface area contributed by atoms with E-state index in [1.165, 1.54) is 11.3 Å². The Bertz CT molecular complexity index is 831. The van der Waals surface area contributed by atoms with E-state index >= 15 is 0 Å². The van der Waals surface area contributed by atoms with E-state index in [1.807, 2.05) is 33.9 Å². The van der Waals surface area contributed by atoms with E-state index in [9.17, 15) is 4.79 Å². The van der Waals surface area contributed by atoms with Crippen LogP contribution in [0, 0.1) is 5.92 Å². The van der Waals surface area contributed by atoms with Crippen LogP contribution in [0.5, 0.6) is 0 Å². The second-order valence-electron chi connectivity index (χ2n) is 6.00. The normalized spacial score (nSPS) is 20.5. The third-order valence-corrected chi connectivity index (χ3v) is 5.05. The molecule has 4 heterocycles. The standard InChI is InChI=1S/C17H16N4O2S/c1-11-8-21(17(22)13-4-7-24-10-13)9-14(11)16-19-15(20-23-16)12-2-5-18-6-3-12/h2-7,10-11,14H,8-9H2,1H3/t11-,14-/m1/s1. The zero-order chi connectivity index (χ0) is 16.5. The smallest absolute Gasteiger partial charge is 0.254 e. The molecule has 3 aromatic heterocycles. The molecule has 7 heteroatoms. The van der Waals surface area contributed by atoms with Crippen LogP contribution in [-0.2, 0) is 0 Å². The number of aromatic nitrogens is 3. The summed E-state index contributed by atoms with van der Waals surface area (Å²) in [6.45, 7) is 3.42. The van der Waals surface area contributed by atoms with Crippen molar-refractivity contribution in [2.24, 2.45) is 5.92 Å². The number of likely N-dealkylation sites (tertiary alicyclic amines) is 1. The van der Waals surface area contributed by atoms with Crippen molar-refractivity contribution in [1.29, 1.82) is 0 Å². The van der Waals surface area contributed by atoms with Crippen molar-refractivity contribution < 1.29 is 9.32 Å². The van der Waals surface area contributed by atoms with Gasteiger partial charge in [-0.3, -0.25) is 9.78 Å². The molecule has 1 aliphatic heterocycles. The van der Waals surface area contributed by atoms with Crippen LogP contribution in [0.25, 0.3) is 11.4 Å². The van der Waals surface area contributed by atoms with Crippen LogP contribution in [0.2, 0.25) is 0 Å². The van der Waals surface area contributed by atoms with Gasteiger partial charge in [0.25, 0.3) is 5.91 Å². The lowest BCUT2D eigenvalue weighted by Gasteiger charge is -2.14. The van der Waals surface area contributed by atoms with Crippen molar-refractivity contribution >= 4 is 17.2 Å². The summed E-state index contributed by atoms with van der Waals surface area (Å²) in [6.07, 6.45) is 3.40. The van der Waals surface area contributed by atoms with Gasteiger partial charge in [0.15, 0.2) is 0 Å². The van der Waals surface area contributed by atoms with Crippen LogP contribution in [0.3, 0.4) is 0 Å². The van der Waals surface area contributed by atoms with Gasteiger partial charge in [-0.2, -0.15) is 16.3 Å². The zero-order valence-electron chi connectivity index (χ0n) is 13.1. The fourth-order valence-corrected chi connectivity index (χ4v) is 3.66. The molecule has 4 rings (SSSR count). The summed E-state index contributed by atoms with van der Waals surface area (Å²) in [5.41, 5.74) is 1.62. The predicted octanol–water partition coefficient (Wildman–Crippen LogP) is 3.07. The minimum atomic E-state index is 0.0654. The molecule has 6 nitrogen and oxygen atoms in total. The Hall–Kier alpha value is -2.54. The molecular formula is C17H16N4O2S. The quantitative estimate of drug-likeness (QED) is 0.733. The van der Waals surface area contributed by atoms with E-state index in [-0.39, 0.29) is 17.7 Å². The highest BCUT2D eigenvalue weighted by Gasteiger charge is 2.37. The largest absolute Gasteiger partial charge is 0.339 e. The van der Waals surface area contributed by atoms with Gasteiger partial charge in [-0.15, -0.1) is 0 Å². The second-order valence-corrected chi connectivity index (χ2v) is 6.78. The Labute approximate surface area is 143 Å². The van der Waals surface area contributed by atoms with E-state index in [0.29, 0.717) is 24.8 Å². The number of carbonyl (C=O) groups is 1. The summed E-state index contributed by atoms with van der Waals surface area (Å²) in [7, 11) is 0. The van der Waals surface area contributed by atoms with E-state index in [0.717, 1.165) is 11.1 Å². The lowest BCUT2D eigenvalue weighted by atomic mass is 9.98. The molecule has 3 aromatic rings. The number of pyridine rings is 1. The highest BCUT2D eigenvalue weighted by Crippen LogP contribution is 2.33. The van der Waals surface area contributed by atoms with Gasteiger partial charge in [-0.05, 0) is 29.5 Å². The first kappa shape index (κ1) is 15.0. The average molecular weight is 340 g/mol. The number of hydrogen-bond donors (Lipinski definition) is 0. The molecule has 0 aromatic carbocycles. The van der Waals surface area contributed by atoms with Gasteiger partial charge in [0, 0.05) is 36.4 Å². The van der Waals surface area contributed by atoms with Gasteiger partial charge < -0.3 is 9.42 Å². The van der Waals surface area contributed by atoms with Crippen LogP contribution in [0.15, 0.2) is 45.9 Å². The van der Waals surface area contributed by atoms with Gasteiger partial charge in [0.2, 0.25) is 11.7 Å². The Morgan fingerprint density at radius 3 is 2.88 bits per heavy atom. The number of amides is 1. The molecule has 0 unspecified atom stereocenters. The van der Waals surface area contributed by atoms with Gasteiger partial charge in [-0.25, -0.2) is 0 Å². The van der Waals surface area contributed by atoms with Gasteiger partial charge in [0.1, 0.15) is 0 Å². The molecular weight excluding hydrogens is 324 g/mol. The molecule has 24 heavy (non-hydrogen) atoms. The first-order chi connectivity index (χ1) is 11.7. The first-order valence-electron chi connectivity index (χ1n) is 7.78. The van der Waals surface area contributed by atoms with Crippen LogP contribution in [0.1, 0.15) is 29.1 Å². The summed E-state index contributed by atoms with van der Waals surface area (Å²) < 4.78 is 5.47. The van der Waals surface area contributed by atoms with Gasteiger partial charge >= 0.3 is 0 Å². The van der Waals surface area contributed by atoms with E-state index in [2.05, 4.69) is 22.0 Å². The van der Waals surface area contributed by atoms with Crippen molar-refractivity contribution in [1.82, 2.24) is 20.0 Å². The number of hydrogen-bond acceptors (Lipinski definition) is 6. The molecule has 2 atom stereocenters. The van der Waals surface area contributed by atoms with Crippen molar-refractivity contribution in [3.8, 4) is 11.4 Å². The molecule has 0 radical (unpaired) electrons.